The maximum Gasteiger partial charge on any atom is 0.219 e. The minimum absolute atomic E-state index is 0.216. The van der Waals surface area contributed by atoms with Crippen LogP contribution in [-0.4, -0.2) is 34.3 Å². The molecule has 1 N–H and O–H groups in total. The molecular formula is C12H13FN2OS. The van der Waals surface area contributed by atoms with Gasteiger partial charge in [-0.1, -0.05) is 24.3 Å². The Morgan fingerprint density at radius 1 is 1.47 bits per heavy atom. The van der Waals surface area contributed by atoms with E-state index in [-0.39, 0.29) is 6.42 Å². The molecule has 90 valence electrons. The summed E-state index contributed by atoms with van der Waals surface area (Å²) in [4.78, 5) is 5.55. The summed E-state index contributed by atoms with van der Waals surface area (Å²) in [5.74, 6) is 0. The Balaban J connectivity index is 2.23. The van der Waals surface area contributed by atoms with E-state index in [2.05, 4.69) is 4.99 Å². The molecule has 5 heteroatoms. The Bertz CT molecular complexity index is 521. The molecule has 3 nitrogen and oxygen atoms in total. The Morgan fingerprint density at radius 2 is 2.18 bits per heavy atom. The van der Waals surface area contributed by atoms with Crippen molar-refractivity contribution < 1.29 is 9.50 Å². The van der Waals surface area contributed by atoms with Gasteiger partial charge in [0.1, 0.15) is 0 Å². The first-order valence-electron chi connectivity index (χ1n) is 5.42. The highest BCUT2D eigenvalue weighted by Crippen LogP contribution is 2.59. The molecule has 0 bridgehead atoms. The van der Waals surface area contributed by atoms with Gasteiger partial charge in [-0.15, -0.1) is 0 Å². The highest BCUT2D eigenvalue weighted by Gasteiger charge is 2.67. The van der Waals surface area contributed by atoms with Crippen molar-refractivity contribution in [1.29, 1.82) is 0 Å². The topological polar surface area (TPSA) is 35.8 Å². The lowest BCUT2D eigenvalue weighted by molar-refractivity contribution is -0.120. The number of amidine groups is 1. The third kappa shape index (κ3) is 1.13. The number of fused-ring (bicyclic) bond motifs is 3. The second-order valence-corrected chi connectivity index (χ2v) is 5.62. The summed E-state index contributed by atoms with van der Waals surface area (Å²) in [6.45, 7) is 0. The summed E-state index contributed by atoms with van der Waals surface area (Å²) in [6, 6.07) is 7.34. The zero-order chi connectivity index (χ0) is 12.3. The minimum atomic E-state index is -1.74. The van der Waals surface area contributed by atoms with Crippen LogP contribution in [-0.2, 0) is 12.1 Å². The van der Waals surface area contributed by atoms with Crippen molar-refractivity contribution in [2.45, 2.75) is 17.1 Å². The quantitative estimate of drug-likeness (QED) is 0.763. The number of alkyl halides is 1. The van der Waals surface area contributed by atoms with Crippen molar-refractivity contribution in [2.24, 2.45) is 4.99 Å². The van der Waals surface area contributed by atoms with Gasteiger partial charge < -0.3 is 10.0 Å². The maximum atomic E-state index is 15.0. The summed E-state index contributed by atoms with van der Waals surface area (Å²) >= 11 is 1.01. The smallest absolute Gasteiger partial charge is 0.219 e. The van der Waals surface area contributed by atoms with Gasteiger partial charge in [-0.2, -0.15) is 0 Å². The molecule has 3 rings (SSSR count). The van der Waals surface area contributed by atoms with E-state index in [9.17, 15) is 9.50 Å². The van der Waals surface area contributed by atoms with Gasteiger partial charge in [0.05, 0.1) is 0 Å². The van der Waals surface area contributed by atoms with E-state index in [4.69, 9.17) is 0 Å². The lowest BCUT2D eigenvalue weighted by Crippen LogP contribution is -2.48. The molecular weight excluding hydrogens is 239 g/mol. The molecule has 0 saturated carbocycles. The molecule has 1 aromatic carbocycles. The Hall–Kier alpha value is -1.07. The van der Waals surface area contributed by atoms with Gasteiger partial charge in [-0.25, -0.2) is 4.39 Å². The van der Waals surface area contributed by atoms with Crippen LogP contribution in [0.15, 0.2) is 29.3 Å². The maximum absolute atomic E-state index is 15.0. The normalized spacial score (nSPS) is 37.4. The number of nitrogens with zero attached hydrogens (tertiary/aromatic N) is 2. The molecule has 1 aliphatic carbocycles. The van der Waals surface area contributed by atoms with E-state index < -0.39 is 10.7 Å². The lowest BCUT2D eigenvalue weighted by atomic mass is 10.0. The van der Waals surface area contributed by atoms with Crippen LogP contribution in [0.1, 0.15) is 11.1 Å². The van der Waals surface area contributed by atoms with Gasteiger partial charge in [-0.3, -0.25) is 4.99 Å². The molecule has 17 heavy (non-hydrogen) atoms. The second kappa shape index (κ2) is 3.23. The molecule has 1 aliphatic heterocycles. The third-order valence-electron chi connectivity index (χ3n) is 3.55. The van der Waals surface area contributed by atoms with E-state index in [1.165, 1.54) is 4.90 Å². The number of thioether (sulfide) groups is 1. The Kier molecular flexibility index (Phi) is 2.10. The van der Waals surface area contributed by atoms with Crippen molar-refractivity contribution in [3.05, 3.63) is 35.4 Å². The first-order chi connectivity index (χ1) is 8.03. The van der Waals surface area contributed by atoms with Gasteiger partial charge in [0, 0.05) is 26.1 Å². The van der Waals surface area contributed by atoms with E-state index in [0.29, 0.717) is 10.7 Å². The van der Waals surface area contributed by atoms with Gasteiger partial charge in [-0.05, 0) is 17.3 Å². The van der Waals surface area contributed by atoms with Crippen LogP contribution < -0.4 is 0 Å². The predicted octanol–water partition coefficient (Wildman–Crippen LogP) is 1.72. The molecule has 2 aliphatic rings. The largest absolute Gasteiger partial charge is 0.363 e. The molecule has 1 aromatic rings. The number of halogens is 1. The summed E-state index contributed by atoms with van der Waals surface area (Å²) in [5, 5.41) is 9.56. The second-order valence-electron chi connectivity index (χ2n) is 4.40. The highest BCUT2D eigenvalue weighted by molar-refractivity contribution is 8.15. The summed E-state index contributed by atoms with van der Waals surface area (Å²) < 4.78 is 15.0. The van der Waals surface area contributed by atoms with Crippen molar-refractivity contribution in [3.63, 3.8) is 0 Å². The predicted molar refractivity (Wildman–Crippen MR) is 66.6 cm³/mol. The fourth-order valence-electron chi connectivity index (χ4n) is 2.67. The van der Waals surface area contributed by atoms with Crippen molar-refractivity contribution in [2.75, 3.05) is 14.1 Å². The standard InChI is InChI=1S/C12H13FN2OS/c1-14-10-15(2)12(16)9-6-4-3-5-8(9)7-11(12,13)17-10/h3-6,16H,7H2,1-2H3/b14-10-. The van der Waals surface area contributed by atoms with Crippen molar-refractivity contribution in [1.82, 2.24) is 4.90 Å². The molecule has 0 spiro atoms. The fourth-order valence-corrected chi connectivity index (χ4v) is 3.94. The zero-order valence-electron chi connectivity index (χ0n) is 9.64. The number of aliphatic hydroxyl groups is 1. The van der Waals surface area contributed by atoms with Crippen LogP contribution in [0.3, 0.4) is 0 Å². The van der Waals surface area contributed by atoms with E-state index >= 15 is 0 Å². The molecule has 1 saturated heterocycles. The van der Waals surface area contributed by atoms with Crippen LogP contribution in [0.2, 0.25) is 0 Å². The molecule has 0 amide bonds. The number of hydrogen-bond donors (Lipinski definition) is 1. The van der Waals surface area contributed by atoms with Gasteiger partial charge in [0.25, 0.3) is 0 Å². The first kappa shape index (κ1) is 11.0. The van der Waals surface area contributed by atoms with Gasteiger partial charge in [0.2, 0.25) is 10.7 Å². The molecule has 2 atom stereocenters. The average Bonchev–Trinajstić information content (AvgIpc) is 2.66. The first-order valence-corrected chi connectivity index (χ1v) is 6.24. The third-order valence-corrected chi connectivity index (χ3v) is 4.94. The van der Waals surface area contributed by atoms with E-state index in [1.54, 1.807) is 20.2 Å². The molecule has 1 fully saturated rings. The highest BCUT2D eigenvalue weighted by atomic mass is 32.2. The minimum Gasteiger partial charge on any atom is -0.363 e. The summed E-state index contributed by atoms with van der Waals surface area (Å²) in [5.41, 5.74) is -0.0773. The Morgan fingerprint density at radius 3 is 2.88 bits per heavy atom. The van der Waals surface area contributed by atoms with Crippen molar-refractivity contribution in [3.8, 4) is 0 Å². The Labute approximate surface area is 103 Å². The number of hydrogen-bond acceptors (Lipinski definition) is 3. The van der Waals surface area contributed by atoms with Crippen LogP contribution >= 0.6 is 11.8 Å². The van der Waals surface area contributed by atoms with Gasteiger partial charge in [0.15, 0.2) is 5.17 Å². The van der Waals surface area contributed by atoms with Crippen molar-refractivity contribution >= 4 is 16.9 Å². The summed E-state index contributed by atoms with van der Waals surface area (Å²) in [6.07, 6.45) is 0.216. The summed E-state index contributed by atoms with van der Waals surface area (Å²) in [7, 11) is 3.29. The average molecular weight is 252 g/mol. The number of benzene rings is 1. The van der Waals surface area contributed by atoms with Gasteiger partial charge >= 0.3 is 0 Å². The molecule has 0 radical (unpaired) electrons. The fraction of sp³-hybridized carbons (Fsp3) is 0.417. The molecule has 2 unspecified atom stereocenters. The van der Waals surface area contributed by atoms with E-state index in [1.807, 2.05) is 18.2 Å². The van der Waals surface area contributed by atoms with Crippen LogP contribution in [0.4, 0.5) is 4.39 Å². The van der Waals surface area contributed by atoms with Crippen LogP contribution in [0.5, 0.6) is 0 Å². The van der Waals surface area contributed by atoms with Crippen LogP contribution in [0.25, 0.3) is 0 Å². The number of rotatable bonds is 0. The van der Waals surface area contributed by atoms with Crippen LogP contribution in [0, 0.1) is 0 Å². The molecule has 0 aromatic heterocycles. The monoisotopic (exact) mass is 252 g/mol. The van der Waals surface area contributed by atoms with E-state index in [0.717, 1.165) is 17.3 Å². The SMILES string of the molecule is C/N=C1\SC2(F)Cc3ccccc3C2(O)N1C. The number of aliphatic imine (C=N–C) groups is 1. The molecule has 1 heterocycles. The lowest BCUT2D eigenvalue weighted by Gasteiger charge is -2.33. The zero-order valence-corrected chi connectivity index (χ0v) is 10.5.